The number of thioether (sulfide) groups is 1. The first-order valence-corrected chi connectivity index (χ1v) is 15.0. The molecule has 1 N–H and O–H groups in total. The van der Waals surface area contributed by atoms with Gasteiger partial charge in [-0.25, -0.2) is 0 Å². The Morgan fingerprint density at radius 3 is 2.54 bits per heavy atom. The van der Waals surface area contributed by atoms with Crippen molar-refractivity contribution in [1.29, 1.82) is 0 Å². The number of para-hydroxylation sites is 1. The average Bonchev–Trinajstić information content (AvgIpc) is 3.54. The summed E-state index contributed by atoms with van der Waals surface area (Å²) in [4.78, 5) is 45.9. The van der Waals surface area contributed by atoms with Crippen molar-refractivity contribution in [2.75, 3.05) is 24.7 Å². The summed E-state index contributed by atoms with van der Waals surface area (Å²) < 4.78 is 4.08. The SMILES string of the molecule is C=CCOC(=O)[C@H]1[C@H]2C(=O)N([C@@H](CO)Cc3ccccc3)C(C(=O)N(CC=C)c3ccccc3Cl)C23CC[C@]1(C)S3. The zero-order valence-corrected chi connectivity index (χ0v) is 24.7. The Morgan fingerprint density at radius 2 is 1.88 bits per heavy atom. The molecule has 0 aromatic heterocycles. The van der Waals surface area contributed by atoms with Gasteiger partial charge in [-0.2, -0.15) is 0 Å². The Bertz CT molecular complexity index is 1350. The Labute approximate surface area is 250 Å². The van der Waals surface area contributed by atoms with Crippen molar-refractivity contribution in [1.82, 2.24) is 4.90 Å². The summed E-state index contributed by atoms with van der Waals surface area (Å²) in [5, 5.41) is 11.1. The molecule has 2 unspecified atom stereocenters. The molecule has 41 heavy (non-hydrogen) atoms. The highest BCUT2D eigenvalue weighted by molar-refractivity contribution is 8.02. The van der Waals surface area contributed by atoms with Gasteiger partial charge in [-0.05, 0) is 43.9 Å². The minimum atomic E-state index is -0.930. The van der Waals surface area contributed by atoms with Crippen LogP contribution in [0.2, 0.25) is 5.02 Å². The molecule has 5 rings (SSSR count). The number of carbonyl (C=O) groups is 3. The number of rotatable bonds is 11. The molecule has 9 heteroatoms. The summed E-state index contributed by atoms with van der Waals surface area (Å²) in [6.45, 7) is 9.38. The third kappa shape index (κ3) is 4.90. The number of hydrogen-bond acceptors (Lipinski definition) is 6. The molecule has 7 nitrogen and oxygen atoms in total. The third-order valence-electron chi connectivity index (χ3n) is 8.69. The fraction of sp³-hybridized carbons (Fsp3) is 0.406. The van der Waals surface area contributed by atoms with E-state index in [1.54, 1.807) is 51.9 Å². The maximum Gasteiger partial charge on any atom is 0.311 e. The number of anilines is 1. The van der Waals surface area contributed by atoms with E-state index in [1.165, 1.54) is 6.08 Å². The lowest BCUT2D eigenvalue weighted by Crippen LogP contribution is -2.58. The molecule has 2 aromatic rings. The molecule has 2 bridgehead atoms. The van der Waals surface area contributed by atoms with E-state index in [9.17, 15) is 19.5 Å². The molecule has 3 aliphatic heterocycles. The number of hydrogen-bond donors (Lipinski definition) is 1. The number of halogens is 1. The van der Waals surface area contributed by atoms with E-state index >= 15 is 0 Å². The monoisotopic (exact) mass is 594 g/mol. The van der Waals surface area contributed by atoms with Crippen molar-refractivity contribution >= 4 is 46.8 Å². The molecule has 3 heterocycles. The van der Waals surface area contributed by atoms with Crippen LogP contribution in [0, 0.1) is 11.8 Å². The molecule has 1 spiro atoms. The first-order valence-electron chi connectivity index (χ1n) is 13.8. The third-order valence-corrected chi connectivity index (χ3v) is 11.0. The maximum atomic E-state index is 14.8. The van der Waals surface area contributed by atoms with Gasteiger partial charge in [0, 0.05) is 11.3 Å². The zero-order chi connectivity index (χ0) is 29.4. The zero-order valence-electron chi connectivity index (χ0n) is 23.1. The number of aliphatic hydroxyl groups is 1. The van der Waals surface area contributed by atoms with Crippen molar-refractivity contribution in [2.24, 2.45) is 11.8 Å². The number of carbonyl (C=O) groups excluding carboxylic acids is 3. The van der Waals surface area contributed by atoms with E-state index in [0.717, 1.165) is 5.56 Å². The van der Waals surface area contributed by atoms with Gasteiger partial charge in [0.25, 0.3) is 5.91 Å². The Hall–Kier alpha value is -3.07. The van der Waals surface area contributed by atoms with Gasteiger partial charge in [0.2, 0.25) is 5.91 Å². The lowest BCUT2D eigenvalue weighted by molar-refractivity contribution is -0.155. The van der Waals surface area contributed by atoms with Crippen molar-refractivity contribution in [3.05, 3.63) is 90.5 Å². The molecule has 0 saturated carbocycles. The fourth-order valence-corrected chi connectivity index (χ4v) is 9.58. The summed E-state index contributed by atoms with van der Waals surface area (Å²) in [7, 11) is 0. The highest BCUT2D eigenvalue weighted by Crippen LogP contribution is 2.72. The maximum absolute atomic E-state index is 14.8. The van der Waals surface area contributed by atoms with Gasteiger partial charge in [-0.1, -0.05) is 72.8 Å². The number of likely N-dealkylation sites (tertiary alicyclic amines) is 1. The normalized spacial score (nSPS) is 28.7. The summed E-state index contributed by atoms with van der Waals surface area (Å²) in [6.07, 6.45) is 4.72. The van der Waals surface area contributed by atoms with Gasteiger partial charge in [-0.3, -0.25) is 14.4 Å². The number of aliphatic hydroxyl groups excluding tert-OH is 1. The molecule has 216 valence electrons. The molecule has 2 amide bonds. The van der Waals surface area contributed by atoms with Gasteiger partial charge in [0.05, 0.1) is 39.9 Å². The predicted molar refractivity (Wildman–Crippen MR) is 162 cm³/mol. The molecular formula is C32H35ClN2O5S. The highest BCUT2D eigenvalue weighted by Gasteiger charge is 2.78. The van der Waals surface area contributed by atoms with Gasteiger partial charge in [0.15, 0.2) is 0 Å². The summed E-state index contributed by atoms with van der Waals surface area (Å²) in [5.74, 6) is -2.55. The standard InChI is InChI=1S/C32H35ClN2O5S/c1-4-17-34(24-14-10-9-13-23(24)33)29(38)27-32-16-15-31(3,41-32)26(30(39)40-18-5-2)25(32)28(37)35(27)22(20-36)19-21-11-7-6-8-12-21/h4-14,22,25-27,36H,1-2,15-20H2,3H3/t22-,25+,26-,27?,31+,32?/m1/s1. The van der Waals surface area contributed by atoms with E-state index in [2.05, 4.69) is 13.2 Å². The van der Waals surface area contributed by atoms with Crippen LogP contribution in [0.4, 0.5) is 5.69 Å². The van der Waals surface area contributed by atoms with Crippen LogP contribution >= 0.6 is 23.4 Å². The fourth-order valence-electron chi connectivity index (χ4n) is 7.02. The van der Waals surface area contributed by atoms with Crippen molar-refractivity contribution in [3.63, 3.8) is 0 Å². The van der Waals surface area contributed by atoms with Crippen LogP contribution in [0.1, 0.15) is 25.3 Å². The van der Waals surface area contributed by atoms with E-state index in [4.69, 9.17) is 16.3 Å². The van der Waals surface area contributed by atoms with Gasteiger partial charge in [0.1, 0.15) is 12.6 Å². The number of nitrogens with zero attached hydrogens (tertiary/aromatic N) is 2. The highest BCUT2D eigenvalue weighted by atomic mass is 35.5. The van der Waals surface area contributed by atoms with E-state index < -0.39 is 39.4 Å². The van der Waals surface area contributed by atoms with Crippen LogP contribution in [0.25, 0.3) is 0 Å². The summed E-state index contributed by atoms with van der Waals surface area (Å²) >= 11 is 8.13. The average molecular weight is 595 g/mol. The smallest absolute Gasteiger partial charge is 0.311 e. The second-order valence-electron chi connectivity index (χ2n) is 11.1. The number of fused-ring (bicyclic) bond motifs is 1. The van der Waals surface area contributed by atoms with E-state index in [-0.39, 0.29) is 31.6 Å². The Morgan fingerprint density at radius 1 is 1.17 bits per heavy atom. The quantitative estimate of drug-likeness (QED) is 0.300. The van der Waals surface area contributed by atoms with Crippen LogP contribution < -0.4 is 4.90 Å². The minimum absolute atomic E-state index is 0.0446. The minimum Gasteiger partial charge on any atom is -0.461 e. The lowest BCUT2D eigenvalue weighted by Gasteiger charge is -2.39. The summed E-state index contributed by atoms with van der Waals surface area (Å²) in [6, 6.07) is 15.0. The van der Waals surface area contributed by atoms with Crippen molar-refractivity contribution in [3.8, 4) is 0 Å². The molecule has 0 radical (unpaired) electrons. The molecule has 3 saturated heterocycles. The lowest BCUT2D eigenvalue weighted by atomic mass is 9.66. The number of ether oxygens (including phenoxy) is 1. The number of amides is 2. The van der Waals surface area contributed by atoms with Crippen LogP contribution in [-0.4, -0.2) is 69.1 Å². The van der Waals surface area contributed by atoms with Gasteiger partial charge < -0.3 is 19.6 Å². The number of esters is 1. The van der Waals surface area contributed by atoms with Crippen LogP contribution in [0.3, 0.4) is 0 Å². The van der Waals surface area contributed by atoms with Crippen molar-refractivity contribution in [2.45, 2.75) is 47.8 Å². The molecule has 2 aromatic carbocycles. The molecule has 0 aliphatic carbocycles. The second kappa shape index (κ2) is 11.7. The largest absolute Gasteiger partial charge is 0.461 e. The van der Waals surface area contributed by atoms with Gasteiger partial charge >= 0.3 is 5.97 Å². The molecule has 6 atom stereocenters. The number of benzene rings is 2. The predicted octanol–water partition coefficient (Wildman–Crippen LogP) is 4.67. The first-order chi connectivity index (χ1) is 19.7. The Kier molecular flexibility index (Phi) is 8.37. The van der Waals surface area contributed by atoms with Crippen molar-refractivity contribution < 1.29 is 24.2 Å². The molecule has 3 aliphatic rings. The topological polar surface area (TPSA) is 87.1 Å². The van der Waals surface area contributed by atoms with Crippen LogP contribution in [-0.2, 0) is 25.5 Å². The molecule has 3 fully saturated rings. The van der Waals surface area contributed by atoms with E-state index in [1.807, 2.05) is 37.3 Å². The first kappa shape index (κ1) is 29.4. The second-order valence-corrected chi connectivity index (χ2v) is 13.4. The summed E-state index contributed by atoms with van der Waals surface area (Å²) in [5.41, 5.74) is 1.45. The Balaban J connectivity index is 1.63. The van der Waals surface area contributed by atoms with E-state index in [0.29, 0.717) is 30.0 Å². The molecular weight excluding hydrogens is 560 g/mol. The van der Waals surface area contributed by atoms with Crippen LogP contribution in [0.5, 0.6) is 0 Å². The van der Waals surface area contributed by atoms with Crippen LogP contribution in [0.15, 0.2) is 79.9 Å². The van der Waals surface area contributed by atoms with Gasteiger partial charge in [-0.15, -0.1) is 18.3 Å².